The van der Waals surface area contributed by atoms with Crippen molar-refractivity contribution in [2.75, 3.05) is 19.8 Å². The van der Waals surface area contributed by atoms with Crippen molar-refractivity contribution in [2.24, 2.45) is 0 Å². The fourth-order valence-corrected chi connectivity index (χ4v) is 6.01. The Balaban J connectivity index is 1.96. The molecule has 260 valence electrons. The molecule has 0 spiro atoms. The predicted molar refractivity (Wildman–Crippen MR) is 183 cm³/mol. The van der Waals surface area contributed by atoms with Crippen molar-refractivity contribution in [3.05, 3.63) is 11.5 Å². The molecule has 1 heterocycles. The SMILES string of the molecule is CCCCCCCCCCCCCCCCOC[C@H](O)[C@H]1OC(=O)C(OCCCCCCCCCCCCCCCC)=C1O. The van der Waals surface area contributed by atoms with Crippen LogP contribution in [-0.2, 0) is 19.0 Å². The summed E-state index contributed by atoms with van der Waals surface area (Å²) in [4.78, 5) is 12.2. The van der Waals surface area contributed by atoms with Crippen molar-refractivity contribution in [1.29, 1.82) is 0 Å². The number of carbonyl (C=O) groups is 1. The minimum atomic E-state index is -1.11. The summed E-state index contributed by atoms with van der Waals surface area (Å²) in [6.07, 6.45) is 34.0. The topological polar surface area (TPSA) is 85.2 Å². The van der Waals surface area contributed by atoms with Crippen LogP contribution >= 0.6 is 0 Å². The van der Waals surface area contributed by atoms with E-state index < -0.39 is 18.2 Å². The molecule has 0 fully saturated rings. The molecule has 0 aromatic carbocycles. The number of hydrogen-bond donors (Lipinski definition) is 2. The molecule has 0 radical (unpaired) electrons. The predicted octanol–water partition coefficient (Wildman–Crippen LogP) is 11.0. The first-order valence-corrected chi connectivity index (χ1v) is 19.1. The van der Waals surface area contributed by atoms with E-state index in [1.807, 2.05) is 0 Å². The number of ether oxygens (including phenoxy) is 3. The average molecular weight is 625 g/mol. The Kier molecular flexibility index (Phi) is 28.1. The van der Waals surface area contributed by atoms with Gasteiger partial charge >= 0.3 is 5.97 Å². The van der Waals surface area contributed by atoms with Gasteiger partial charge < -0.3 is 24.4 Å². The van der Waals surface area contributed by atoms with Gasteiger partial charge in [0, 0.05) is 6.61 Å². The van der Waals surface area contributed by atoms with Gasteiger partial charge in [-0.25, -0.2) is 4.79 Å². The minimum absolute atomic E-state index is 0.0205. The molecule has 0 aromatic heterocycles. The second-order valence-corrected chi connectivity index (χ2v) is 13.2. The lowest BCUT2D eigenvalue weighted by molar-refractivity contribution is -0.149. The second-order valence-electron chi connectivity index (χ2n) is 13.2. The highest BCUT2D eigenvalue weighted by atomic mass is 16.6. The van der Waals surface area contributed by atoms with Gasteiger partial charge in [0.05, 0.1) is 13.2 Å². The molecule has 0 amide bonds. The smallest absolute Gasteiger partial charge is 0.378 e. The molecule has 0 saturated heterocycles. The van der Waals surface area contributed by atoms with Gasteiger partial charge in [0.2, 0.25) is 5.76 Å². The van der Waals surface area contributed by atoms with Crippen molar-refractivity contribution < 1.29 is 29.2 Å². The van der Waals surface area contributed by atoms with Gasteiger partial charge in [-0.3, -0.25) is 0 Å². The number of esters is 1. The summed E-state index contributed by atoms with van der Waals surface area (Å²) >= 11 is 0. The molecule has 0 saturated carbocycles. The lowest BCUT2D eigenvalue weighted by Gasteiger charge is -2.17. The lowest BCUT2D eigenvalue weighted by Crippen LogP contribution is -2.33. The van der Waals surface area contributed by atoms with Crippen LogP contribution in [0.3, 0.4) is 0 Å². The Labute approximate surface area is 272 Å². The molecular weight excluding hydrogens is 552 g/mol. The molecular formula is C38H72O6. The molecule has 2 atom stereocenters. The summed E-state index contributed by atoms with van der Waals surface area (Å²) in [5.74, 6) is -1.17. The van der Waals surface area contributed by atoms with Gasteiger partial charge in [0.1, 0.15) is 6.10 Å². The van der Waals surface area contributed by atoms with E-state index in [1.165, 1.54) is 148 Å². The van der Waals surface area contributed by atoms with Crippen LogP contribution in [0.5, 0.6) is 0 Å². The van der Waals surface area contributed by atoms with Crippen molar-refractivity contribution >= 4 is 5.97 Å². The molecule has 2 N–H and O–H groups in total. The summed E-state index contributed by atoms with van der Waals surface area (Å²) in [6, 6.07) is 0. The third-order valence-corrected chi connectivity index (χ3v) is 8.95. The monoisotopic (exact) mass is 625 g/mol. The lowest BCUT2D eigenvalue weighted by atomic mass is 10.0. The van der Waals surface area contributed by atoms with Crippen LogP contribution in [0, 0.1) is 0 Å². The quantitative estimate of drug-likeness (QED) is 0.0547. The number of cyclic esters (lactones) is 1. The number of aliphatic hydroxyl groups excluding tert-OH is 2. The van der Waals surface area contributed by atoms with E-state index >= 15 is 0 Å². The fourth-order valence-electron chi connectivity index (χ4n) is 6.01. The normalized spacial score (nSPS) is 15.7. The van der Waals surface area contributed by atoms with E-state index in [2.05, 4.69) is 13.8 Å². The molecule has 6 nitrogen and oxygen atoms in total. The number of unbranched alkanes of at least 4 members (excludes halogenated alkanes) is 26. The van der Waals surface area contributed by atoms with Gasteiger partial charge in [-0.1, -0.05) is 181 Å². The summed E-state index contributed by atoms with van der Waals surface area (Å²) in [6.45, 7) is 5.48. The fraction of sp³-hybridized carbons (Fsp3) is 0.921. The maximum absolute atomic E-state index is 12.2. The Hall–Kier alpha value is -1.27. The van der Waals surface area contributed by atoms with Crippen LogP contribution < -0.4 is 0 Å². The highest BCUT2D eigenvalue weighted by Crippen LogP contribution is 2.25. The van der Waals surface area contributed by atoms with Crippen LogP contribution in [0.1, 0.15) is 194 Å². The molecule has 0 aliphatic carbocycles. The maximum Gasteiger partial charge on any atom is 0.378 e. The standard InChI is InChI=1S/C38H72O6/c1-3-5-7-9-11-13-15-17-19-21-23-25-27-29-31-42-33-34(39)36-35(40)37(38(41)44-36)43-32-30-28-26-24-22-20-18-16-14-12-10-8-6-4-2/h34,36,39-40H,3-33H2,1-2H3/t34-,36+/m0/s1. The zero-order chi connectivity index (χ0) is 31.9. The van der Waals surface area contributed by atoms with E-state index in [-0.39, 0.29) is 18.1 Å². The molecule has 0 bridgehead atoms. The van der Waals surface area contributed by atoms with Crippen LogP contribution in [0.15, 0.2) is 11.5 Å². The van der Waals surface area contributed by atoms with Crippen LogP contribution in [0.2, 0.25) is 0 Å². The zero-order valence-corrected chi connectivity index (χ0v) is 29.1. The number of carbonyl (C=O) groups excluding carboxylic acids is 1. The molecule has 0 aromatic rings. The first kappa shape index (κ1) is 40.8. The van der Waals surface area contributed by atoms with Crippen molar-refractivity contribution in [3.63, 3.8) is 0 Å². The van der Waals surface area contributed by atoms with Gasteiger partial charge in [0.25, 0.3) is 0 Å². The third kappa shape index (κ3) is 22.3. The Morgan fingerprint density at radius 1 is 0.568 bits per heavy atom. The molecule has 1 aliphatic heterocycles. The van der Waals surface area contributed by atoms with Gasteiger partial charge in [-0.2, -0.15) is 0 Å². The van der Waals surface area contributed by atoms with Crippen LogP contribution in [0.4, 0.5) is 0 Å². The van der Waals surface area contributed by atoms with Gasteiger partial charge in [0.15, 0.2) is 11.9 Å². The summed E-state index contributed by atoms with van der Waals surface area (Å²) in [5.41, 5.74) is 0. The Morgan fingerprint density at radius 2 is 0.909 bits per heavy atom. The summed E-state index contributed by atoms with van der Waals surface area (Å²) in [5, 5.41) is 20.9. The van der Waals surface area contributed by atoms with Crippen LogP contribution in [0.25, 0.3) is 0 Å². The van der Waals surface area contributed by atoms with E-state index in [0.717, 1.165) is 32.1 Å². The minimum Gasteiger partial charge on any atom is -0.505 e. The van der Waals surface area contributed by atoms with E-state index in [0.29, 0.717) is 13.2 Å². The molecule has 6 heteroatoms. The van der Waals surface area contributed by atoms with E-state index in [9.17, 15) is 15.0 Å². The highest BCUT2D eigenvalue weighted by molar-refractivity contribution is 5.89. The van der Waals surface area contributed by atoms with E-state index in [4.69, 9.17) is 14.2 Å². The largest absolute Gasteiger partial charge is 0.505 e. The zero-order valence-electron chi connectivity index (χ0n) is 29.1. The molecule has 0 unspecified atom stereocenters. The summed E-state index contributed by atoms with van der Waals surface area (Å²) in [7, 11) is 0. The van der Waals surface area contributed by atoms with E-state index in [1.54, 1.807) is 0 Å². The van der Waals surface area contributed by atoms with Crippen molar-refractivity contribution in [3.8, 4) is 0 Å². The first-order chi connectivity index (χ1) is 21.6. The third-order valence-electron chi connectivity index (χ3n) is 8.95. The number of rotatable bonds is 34. The van der Waals surface area contributed by atoms with Crippen LogP contribution in [-0.4, -0.2) is 48.2 Å². The molecule has 1 aliphatic rings. The number of aliphatic hydroxyl groups is 2. The Bertz CT molecular complexity index is 678. The molecule has 44 heavy (non-hydrogen) atoms. The second kappa shape index (κ2) is 30.4. The van der Waals surface area contributed by atoms with Crippen molar-refractivity contribution in [1.82, 2.24) is 0 Å². The first-order valence-electron chi connectivity index (χ1n) is 19.1. The highest BCUT2D eigenvalue weighted by Gasteiger charge is 2.40. The van der Waals surface area contributed by atoms with Gasteiger partial charge in [-0.15, -0.1) is 0 Å². The van der Waals surface area contributed by atoms with Crippen molar-refractivity contribution in [2.45, 2.75) is 206 Å². The van der Waals surface area contributed by atoms with Gasteiger partial charge in [-0.05, 0) is 12.8 Å². The molecule has 1 rings (SSSR count). The average Bonchev–Trinajstić information content (AvgIpc) is 3.31. The number of hydrogen-bond acceptors (Lipinski definition) is 6. The Morgan fingerprint density at radius 3 is 1.30 bits per heavy atom. The maximum atomic E-state index is 12.2. The summed E-state index contributed by atoms with van der Waals surface area (Å²) < 4.78 is 16.3.